The number of benzene rings is 1. The number of ether oxygens (including phenoxy) is 1. The molecule has 0 spiro atoms. The molecular weight excluding hydrogens is 340 g/mol. The molecule has 0 bridgehead atoms. The molecule has 0 aliphatic carbocycles. The average molecular weight is 365 g/mol. The zero-order valence-electron chi connectivity index (χ0n) is 15.5. The summed E-state index contributed by atoms with van der Waals surface area (Å²) in [6.45, 7) is 8.46. The van der Waals surface area contributed by atoms with E-state index >= 15 is 0 Å². The summed E-state index contributed by atoms with van der Waals surface area (Å²) < 4.78 is 9.88. The molecule has 0 aliphatic heterocycles. The highest BCUT2D eigenvalue weighted by molar-refractivity contribution is 6.76. The lowest BCUT2D eigenvalue weighted by atomic mass is 10.1. The Kier molecular flexibility index (Phi) is 4.38. The van der Waals surface area contributed by atoms with Gasteiger partial charge in [-0.1, -0.05) is 31.8 Å². The summed E-state index contributed by atoms with van der Waals surface area (Å²) in [5.74, 6) is 0. The summed E-state index contributed by atoms with van der Waals surface area (Å²) in [6, 6.07) is 13.7. The van der Waals surface area contributed by atoms with Gasteiger partial charge in [0, 0.05) is 32.6 Å². The van der Waals surface area contributed by atoms with Crippen LogP contribution in [0.5, 0.6) is 0 Å². The number of hydrogen-bond acceptors (Lipinski definition) is 3. The number of nitrogens with zero attached hydrogens (tertiary/aromatic N) is 4. The molecule has 3 heterocycles. The second-order valence-electron chi connectivity index (χ2n) is 7.88. The summed E-state index contributed by atoms with van der Waals surface area (Å²) in [6.07, 6.45) is 5.73. The molecule has 134 valence electrons. The van der Waals surface area contributed by atoms with E-state index in [9.17, 15) is 0 Å². The highest BCUT2D eigenvalue weighted by atomic mass is 28.3. The topological polar surface area (TPSA) is 44.3 Å². The largest absolute Gasteiger partial charge is 0.361 e. The minimum atomic E-state index is -1.06. The molecule has 0 radical (unpaired) electrons. The first-order valence-electron chi connectivity index (χ1n) is 8.96. The third-order valence-corrected chi connectivity index (χ3v) is 6.28. The molecule has 4 aromatic rings. The number of hydrogen-bond donors (Lipinski definition) is 0. The molecule has 0 aliphatic rings. The van der Waals surface area contributed by atoms with Crippen molar-refractivity contribution in [1.82, 2.24) is 19.2 Å². The Morgan fingerprint density at radius 1 is 1.04 bits per heavy atom. The van der Waals surface area contributed by atoms with Crippen molar-refractivity contribution >= 4 is 24.6 Å². The van der Waals surface area contributed by atoms with E-state index in [1.54, 1.807) is 0 Å². The molecule has 5 nitrogen and oxygen atoms in total. The number of imidazole rings is 1. The van der Waals surface area contributed by atoms with E-state index in [4.69, 9.17) is 4.74 Å². The molecule has 0 N–H and O–H groups in total. The third-order valence-electron chi connectivity index (χ3n) is 4.58. The maximum Gasteiger partial charge on any atom is 0.124 e. The van der Waals surface area contributed by atoms with Crippen molar-refractivity contribution in [3.8, 4) is 11.1 Å². The highest BCUT2D eigenvalue weighted by Crippen LogP contribution is 2.24. The summed E-state index contributed by atoms with van der Waals surface area (Å²) in [7, 11) is -1.06. The molecule has 0 fully saturated rings. The number of aromatic nitrogens is 4. The Balaban J connectivity index is 1.58. The zero-order chi connectivity index (χ0) is 18.1. The van der Waals surface area contributed by atoms with Gasteiger partial charge in [-0.2, -0.15) is 5.10 Å². The summed E-state index contributed by atoms with van der Waals surface area (Å²) in [5, 5.41) is 4.33. The van der Waals surface area contributed by atoms with E-state index in [2.05, 4.69) is 70.8 Å². The Morgan fingerprint density at radius 2 is 1.88 bits per heavy atom. The first kappa shape index (κ1) is 17.0. The average Bonchev–Trinajstić information content (AvgIpc) is 3.23. The minimum absolute atomic E-state index is 0.544. The quantitative estimate of drug-likeness (QED) is 0.369. The molecule has 1 aromatic carbocycles. The van der Waals surface area contributed by atoms with Crippen LogP contribution < -0.4 is 0 Å². The van der Waals surface area contributed by atoms with Crippen molar-refractivity contribution in [2.24, 2.45) is 0 Å². The Labute approximate surface area is 154 Å². The van der Waals surface area contributed by atoms with Crippen LogP contribution in [0.1, 0.15) is 0 Å². The lowest BCUT2D eigenvalue weighted by molar-refractivity contribution is 0.0898. The van der Waals surface area contributed by atoms with Gasteiger partial charge in [0.1, 0.15) is 6.73 Å². The molecule has 0 amide bonds. The maximum absolute atomic E-state index is 5.90. The van der Waals surface area contributed by atoms with Gasteiger partial charge >= 0.3 is 0 Å². The molecule has 0 atom stereocenters. The Hall–Kier alpha value is -2.44. The fourth-order valence-corrected chi connectivity index (χ4v) is 3.72. The van der Waals surface area contributed by atoms with Crippen molar-refractivity contribution in [3.63, 3.8) is 0 Å². The van der Waals surface area contributed by atoms with Crippen LogP contribution in [0.4, 0.5) is 0 Å². The Bertz CT molecular complexity index is 1040. The molecule has 0 unspecified atom stereocenters. The SMILES string of the molecule is C[Si](C)(C)CCOCn1cnc2ccc(-c3ccc4ccnn4c3)cc21. The maximum atomic E-state index is 5.90. The molecule has 26 heavy (non-hydrogen) atoms. The molecule has 3 aromatic heterocycles. The molecule has 6 heteroatoms. The number of fused-ring (bicyclic) bond motifs is 2. The van der Waals surface area contributed by atoms with E-state index in [0.717, 1.165) is 34.3 Å². The summed E-state index contributed by atoms with van der Waals surface area (Å²) in [4.78, 5) is 4.50. The van der Waals surface area contributed by atoms with Gasteiger partial charge in [0.2, 0.25) is 0 Å². The second kappa shape index (κ2) is 6.70. The van der Waals surface area contributed by atoms with Crippen molar-refractivity contribution < 1.29 is 4.74 Å². The molecule has 0 saturated carbocycles. The molecule has 0 saturated heterocycles. The van der Waals surface area contributed by atoms with E-state index in [0.29, 0.717) is 6.73 Å². The smallest absolute Gasteiger partial charge is 0.124 e. The van der Waals surface area contributed by atoms with Crippen LogP contribution in [0, 0.1) is 0 Å². The van der Waals surface area contributed by atoms with E-state index in [1.165, 1.54) is 6.04 Å². The fourth-order valence-electron chi connectivity index (χ4n) is 2.97. The second-order valence-corrected chi connectivity index (χ2v) is 13.5. The van der Waals surface area contributed by atoms with Crippen molar-refractivity contribution in [1.29, 1.82) is 0 Å². The van der Waals surface area contributed by atoms with Crippen LogP contribution >= 0.6 is 0 Å². The predicted molar refractivity (Wildman–Crippen MR) is 108 cm³/mol. The Morgan fingerprint density at radius 3 is 2.73 bits per heavy atom. The standard InChI is InChI=1S/C20H24N4OSi/c1-26(2,3)11-10-25-15-23-14-21-19-7-5-16(12-20(19)23)17-4-6-18-8-9-22-24(18)13-17/h4-9,12-14H,10-11,15H2,1-3H3. The van der Waals surface area contributed by atoms with Crippen LogP contribution in [0.2, 0.25) is 25.7 Å². The first-order valence-corrected chi connectivity index (χ1v) is 12.7. The van der Waals surface area contributed by atoms with Gasteiger partial charge in [0.05, 0.1) is 22.9 Å². The predicted octanol–water partition coefficient (Wildman–Crippen LogP) is 4.66. The van der Waals surface area contributed by atoms with Gasteiger partial charge in [-0.05, 0) is 35.9 Å². The van der Waals surface area contributed by atoms with Crippen LogP contribution in [-0.4, -0.2) is 33.8 Å². The first-order chi connectivity index (χ1) is 12.5. The number of pyridine rings is 1. The van der Waals surface area contributed by atoms with Crippen molar-refractivity contribution in [2.45, 2.75) is 32.4 Å². The number of rotatable bonds is 6. The summed E-state index contributed by atoms with van der Waals surface area (Å²) >= 11 is 0. The van der Waals surface area contributed by atoms with Gasteiger partial charge in [-0.15, -0.1) is 0 Å². The van der Waals surface area contributed by atoms with Crippen molar-refractivity contribution in [2.75, 3.05) is 6.61 Å². The van der Waals surface area contributed by atoms with Crippen LogP contribution in [0.3, 0.4) is 0 Å². The lowest BCUT2D eigenvalue weighted by Crippen LogP contribution is -2.21. The van der Waals surface area contributed by atoms with E-state index in [1.807, 2.05) is 23.1 Å². The van der Waals surface area contributed by atoms with Gasteiger partial charge in [-0.25, -0.2) is 9.50 Å². The zero-order valence-corrected chi connectivity index (χ0v) is 16.5. The van der Waals surface area contributed by atoms with E-state index in [-0.39, 0.29) is 0 Å². The van der Waals surface area contributed by atoms with Crippen LogP contribution in [-0.2, 0) is 11.5 Å². The highest BCUT2D eigenvalue weighted by Gasteiger charge is 2.12. The third kappa shape index (κ3) is 3.56. The fraction of sp³-hybridized carbons (Fsp3) is 0.300. The lowest BCUT2D eigenvalue weighted by Gasteiger charge is -2.15. The monoisotopic (exact) mass is 364 g/mol. The minimum Gasteiger partial charge on any atom is -0.361 e. The van der Waals surface area contributed by atoms with Crippen LogP contribution in [0.25, 0.3) is 27.7 Å². The van der Waals surface area contributed by atoms with Gasteiger partial charge in [-0.3, -0.25) is 0 Å². The van der Waals surface area contributed by atoms with Gasteiger partial charge in [0.25, 0.3) is 0 Å². The van der Waals surface area contributed by atoms with Gasteiger partial charge in [0.15, 0.2) is 0 Å². The van der Waals surface area contributed by atoms with Gasteiger partial charge < -0.3 is 9.30 Å². The molecular formula is C20H24N4OSi. The normalized spacial score (nSPS) is 12.3. The summed E-state index contributed by atoms with van der Waals surface area (Å²) in [5.41, 5.74) is 5.46. The van der Waals surface area contributed by atoms with Crippen molar-refractivity contribution in [3.05, 3.63) is 55.1 Å². The van der Waals surface area contributed by atoms with Crippen LogP contribution in [0.15, 0.2) is 55.1 Å². The molecule has 4 rings (SSSR count). The van der Waals surface area contributed by atoms with E-state index < -0.39 is 8.07 Å².